The molecular formula is C18H21N7O2. The minimum absolute atomic E-state index is 0.186. The van der Waals surface area contributed by atoms with Crippen LogP contribution < -0.4 is 14.5 Å². The van der Waals surface area contributed by atoms with Crippen LogP contribution in [-0.4, -0.2) is 57.5 Å². The van der Waals surface area contributed by atoms with E-state index in [0.717, 1.165) is 56.4 Å². The van der Waals surface area contributed by atoms with Crippen molar-refractivity contribution in [3.63, 3.8) is 0 Å². The van der Waals surface area contributed by atoms with Crippen molar-refractivity contribution >= 4 is 22.9 Å². The van der Waals surface area contributed by atoms with E-state index in [2.05, 4.69) is 25.1 Å². The number of hydrogen-bond acceptors (Lipinski definition) is 9. The molecule has 0 saturated carbocycles. The predicted octanol–water partition coefficient (Wildman–Crippen LogP) is 2.06. The number of aromatic nitrogens is 5. The Morgan fingerprint density at radius 2 is 1.59 bits per heavy atom. The number of anilines is 2. The van der Waals surface area contributed by atoms with Gasteiger partial charge in [0.25, 0.3) is 0 Å². The van der Waals surface area contributed by atoms with E-state index in [1.54, 1.807) is 12.4 Å². The number of hydrogen-bond donors (Lipinski definition) is 0. The van der Waals surface area contributed by atoms with Crippen molar-refractivity contribution in [1.82, 2.24) is 25.3 Å². The van der Waals surface area contributed by atoms with Gasteiger partial charge in [-0.25, -0.2) is 14.6 Å². The molecule has 140 valence electrons. The molecule has 9 nitrogen and oxygen atoms in total. The maximum Gasteiger partial charge on any atom is 0.245 e. The summed E-state index contributed by atoms with van der Waals surface area (Å²) in [6.45, 7) is 3.71. The molecule has 0 atom stereocenters. The first-order valence-electron chi connectivity index (χ1n) is 9.44. The van der Waals surface area contributed by atoms with Crippen LogP contribution in [0, 0.1) is 0 Å². The number of nitrogens with zero attached hydrogens (tertiary/aromatic N) is 7. The van der Waals surface area contributed by atoms with E-state index in [4.69, 9.17) is 19.3 Å². The minimum Gasteiger partial charge on any atom is -0.489 e. The minimum atomic E-state index is 0.186. The van der Waals surface area contributed by atoms with Gasteiger partial charge < -0.3 is 14.5 Å². The van der Waals surface area contributed by atoms with Crippen molar-refractivity contribution < 1.29 is 9.37 Å². The fraction of sp³-hybridized carbons (Fsp3) is 0.500. The second-order valence-corrected chi connectivity index (χ2v) is 6.97. The monoisotopic (exact) mass is 367 g/mol. The van der Waals surface area contributed by atoms with Crippen LogP contribution in [0.4, 0.5) is 11.6 Å². The average molecular weight is 367 g/mol. The average Bonchev–Trinajstić information content (AvgIpc) is 3.40. The zero-order chi connectivity index (χ0) is 18.1. The molecule has 5 rings (SSSR count). The first-order valence-corrected chi connectivity index (χ1v) is 9.44. The quantitative estimate of drug-likeness (QED) is 0.687. The summed E-state index contributed by atoms with van der Waals surface area (Å²) in [4.78, 5) is 18.1. The Hall–Kier alpha value is -2.97. The largest absolute Gasteiger partial charge is 0.489 e. The molecule has 2 aliphatic rings. The van der Waals surface area contributed by atoms with Crippen molar-refractivity contribution in [2.24, 2.45) is 0 Å². The maximum absolute atomic E-state index is 6.05. The van der Waals surface area contributed by atoms with E-state index in [9.17, 15) is 0 Å². The van der Waals surface area contributed by atoms with E-state index in [-0.39, 0.29) is 6.10 Å². The van der Waals surface area contributed by atoms with Crippen LogP contribution in [0.2, 0.25) is 0 Å². The first kappa shape index (κ1) is 16.2. The van der Waals surface area contributed by atoms with Gasteiger partial charge in [0.2, 0.25) is 11.3 Å². The summed E-state index contributed by atoms with van der Waals surface area (Å²) in [5.41, 5.74) is 0.928. The lowest BCUT2D eigenvalue weighted by atomic mass is 10.1. The smallest absolute Gasteiger partial charge is 0.245 e. The Morgan fingerprint density at radius 1 is 0.926 bits per heavy atom. The molecule has 5 heterocycles. The molecule has 0 amide bonds. The molecule has 2 aliphatic heterocycles. The Bertz CT molecular complexity index is 902. The number of piperidine rings is 1. The van der Waals surface area contributed by atoms with Crippen molar-refractivity contribution in [2.45, 2.75) is 31.8 Å². The maximum atomic E-state index is 6.05. The van der Waals surface area contributed by atoms with Crippen LogP contribution in [0.5, 0.6) is 5.75 Å². The van der Waals surface area contributed by atoms with Crippen LogP contribution >= 0.6 is 0 Å². The van der Waals surface area contributed by atoms with Gasteiger partial charge in [0, 0.05) is 45.2 Å². The third-order valence-corrected chi connectivity index (χ3v) is 5.16. The van der Waals surface area contributed by atoms with Crippen LogP contribution in [0.25, 0.3) is 11.3 Å². The standard InChI is InChI=1S/C18H21N7O2/c1-2-9-24(8-1)17-18(21-16-15(20-17)22-27-23-16)25-10-5-13(6-11-25)26-14-4-3-7-19-12-14/h3-4,7,12-13H,1-2,5-6,8-11H2. The fourth-order valence-electron chi connectivity index (χ4n) is 3.77. The number of ether oxygens (including phenoxy) is 1. The van der Waals surface area contributed by atoms with Gasteiger partial charge in [-0.15, -0.1) is 0 Å². The first-order chi connectivity index (χ1) is 13.4. The molecule has 9 heteroatoms. The van der Waals surface area contributed by atoms with Gasteiger partial charge >= 0.3 is 0 Å². The third kappa shape index (κ3) is 3.24. The molecule has 0 unspecified atom stereocenters. The molecule has 0 aliphatic carbocycles. The van der Waals surface area contributed by atoms with Crippen LogP contribution in [0.3, 0.4) is 0 Å². The highest BCUT2D eigenvalue weighted by Crippen LogP contribution is 2.32. The Morgan fingerprint density at radius 3 is 2.22 bits per heavy atom. The lowest BCUT2D eigenvalue weighted by molar-refractivity contribution is 0.170. The molecule has 0 aromatic carbocycles. The van der Waals surface area contributed by atoms with Gasteiger partial charge in [-0.1, -0.05) is 0 Å². The molecule has 0 bridgehead atoms. The Balaban J connectivity index is 1.35. The zero-order valence-corrected chi connectivity index (χ0v) is 15.0. The molecule has 3 aromatic rings. The normalized spacial score (nSPS) is 18.4. The van der Waals surface area contributed by atoms with Crippen molar-refractivity contribution in [1.29, 1.82) is 0 Å². The summed E-state index contributed by atoms with van der Waals surface area (Å²) in [5.74, 6) is 2.59. The van der Waals surface area contributed by atoms with Crippen LogP contribution in [-0.2, 0) is 0 Å². The highest BCUT2D eigenvalue weighted by Gasteiger charge is 2.28. The molecule has 3 aromatic heterocycles. The molecule has 0 N–H and O–H groups in total. The Labute approximate surface area is 156 Å². The van der Waals surface area contributed by atoms with E-state index in [1.807, 2.05) is 12.1 Å². The lowest BCUT2D eigenvalue weighted by Gasteiger charge is -2.34. The SMILES string of the molecule is c1cncc(OC2CCN(c3nc4nonc4nc3N3CCCC3)CC2)c1. The fourth-order valence-corrected chi connectivity index (χ4v) is 3.77. The van der Waals surface area contributed by atoms with Crippen LogP contribution in [0.1, 0.15) is 25.7 Å². The van der Waals surface area contributed by atoms with E-state index < -0.39 is 0 Å². The molecule has 2 saturated heterocycles. The second kappa shape index (κ2) is 6.98. The second-order valence-electron chi connectivity index (χ2n) is 6.97. The van der Waals surface area contributed by atoms with Crippen molar-refractivity contribution in [3.05, 3.63) is 24.5 Å². The summed E-state index contributed by atoms with van der Waals surface area (Å²) >= 11 is 0. The molecule has 2 fully saturated rings. The van der Waals surface area contributed by atoms with Gasteiger partial charge in [-0.05, 0) is 35.3 Å². The number of pyridine rings is 1. The number of rotatable bonds is 4. The van der Waals surface area contributed by atoms with Crippen molar-refractivity contribution in [3.8, 4) is 5.75 Å². The molecular weight excluding hydrogens is 346 g/mol. The van der Waals surface area contributed by atoms with Crippen LogP contribution in [0.15, 0.2) is 29.2 Å². The van der Waals surface area contributed by atoms with Gasteiger partial charge in [0.1, 0.15) is 11.9 Å². The summed E-state index contributed by atoms with van der Waals surface area (Å²) in [5, 5.41) is 7.74. The lowest BCUT2D eigenvalue weighted by Crippen LogP contribution is -2.39. The van der Waals surface area contributed by atoms with Crippen molar-refractivity contribution in [2.75, 3.05) is 36.0 Å². The van der Waals surface area contributed by atoms with Gasteiger partial charge in [0.05, 0.1) is 6.20 Å². The summed E-state index contributed by atoms with van der Waals surface area (Å²) in [6.07, 6.45) is 7.90. The van der Waals surface area contributed by atoms with Gasteiger partial charge in [-0.3, -0.25) is 4.98 Å². The summed E-state index contributed by atoms with van der Waals surface area (Å²) in [6, 6.07) is 3.84. The predicted molar refractivity (Wildman–Crippen MR) is 98.9 cm³/mol. The summed E-state index contributed by atoms with van der Waals surface area (Å²) in [7, 11) is 0. The van der Waals surface area contributed by atoms with E-state index >= 15 is 0 Å². The van der Waals surface area contributed by atoms with Gasteiger partial charge in [0.15, 0.2) is 11.6 Å². The van der Waals surface area contributed by atoms with Gasteiger partial charge in [-0.2, -0.15) is 0 Å². The summed E-state index contributed by atoms with van der Waals surface area (Å²) < 4.78 is 10.9. The molecule has 0 radical (unpaired) electrons. The number of fused-ring (bicyclic) bond motifs is 1. The molecule has 0 spiro atoms. The third-order valence-electron chi connectivity index (χ3n) is 5.16. The Kier molecular flexibility index (Phi) is 4.19. The van der Waals surface area contributed by atoms with E-state index in [0.29, 0.717) is 11.3 Å². The highest BCUT2D eigenvalue weighted by atomic mass is 16.6. The molecule has 27 heavy (non-hydrogen) atoms. The topological polar surface area (TPSA) is 93.3 Å². The van der Waals surface area contributed by atoms with E-state index in [1.165, 1.54) is 12.8 Å². The zero-order valence-electron chi connectivity index (χ0n) is 15.0. The highest BCUT2D eigenvalue weighted by molar-refractivity contribution is 5.75.